The molecule has 1 heterocycles. The second-order valence-corrected chi connectivity index (χ2v) is 6.56. The Bertz CT molecular complexity index is 678. The van der Waals surface area contributed by atoms with Gasteiger partial charge in [-0.05, 0) is 66.8 Å². The summed E-state index contributed by atoms with van der Waals surface area (Å²) < 4.78 is 11.0. The van der Waals surface area contributed by atoms with Crippen LogP contribution in [0.2, 0.25) is 0 Å². The number of hydrogen-bond donors (Lipinski definition) is 2. The molecule has 0 aliphatic carbocycles. The Balaban J connectivity index is 0.00000364. The van der Waals surface area contributed by atoms with Crippen LogP contribution in [-0.2, 0) is 13.0 Å². The normalized spacial score (nSPS) is 10.9. The molecule has 0 aliphatic rings. The molecule has 0 fully saturated rings. The van der Waals surface area contributed by atoms with Crippen LogP contribution in [0, 0.1) is 0 Å². The molecule has 2 N–H and O–H groups in total. The number of nitrogens with zero attached hydrogens (tertiary/aromatic N) is 1. The van der Waals surface area contributed by atoms with Gasteiger partial charge in [0.15, 0.2) is 17.5 Å². The van der Waals surface area contributed by atoms with E-state index in [1.165, 1.54) is 11.1 Å². The lowest BCUT2D eigenvalue weighted by atomic mass is 10.1. The molecule has 0 saturated heterocycles. The summed E-state index contributed by atoms with van der Waals surface area (Å²) >= 11 is 1.70. The van der Waals surface area contributed by atoms with Crippen LogP contribution in [0.5, 0.6) is 11.5 Å². The fourth-order valence-corrected chi connectivity index (χ4v) is 3.20. The predicted molar refractivity (Wildman–Crippen MR) is 125 cm³/mol. The summed E-state index contributed by atoms with van der Waals surface area (Å²) in [7, 11) is 1.67. The van der Waals surface area contributed by atoms with Gasteiger partial charge in [0.2, 0.25) is 0 Å². The molecule has 1 aromatic carbocycles. The molecule has 0 unspecified atom stereocenters. The predicted octanol–water partition coefficient (Wildman–Crippen LogP) is 4.46. The number of aliphatic imine (C=N–C) groups is 1. The van der Waals surface area contributed by atoms with E-state index in [0.717, 1.165) is 43.4 Å². The lowest BCUT2D eigenvalue weighted by Gasteiger charge is -2.12. The fraction of sp³-hybridized carbons (Fsp3) is 0.450. The number of methoxy groups -OCH3 is 1. The monoisotopic (exact) mass is 503 g/mol. The van der Waals surface area contributed by atoms with Crippen molar-refractivity contribution in [2.75, 3.05) is 26.8 Å². The molecule has 0 radical (unpaired) electrons. The van der Waals surface area contributed by atoms with Crippen molar-refractivity contribution in [3.8, 4) is 11.5 Å². The molecule has 2 rings (SSSR count). The Hall–Kier alpha value is -1.48. The van der Waals surface area contributed by atoms with Gasteiger partial charge >= 0.3 is 0 Å². The lowest BCUT2D eigenvalue weighted by Crippen LogP contribution is -2.37. The highest BCUT2D eigenvalue weighted by atomic mass is 127. The largest absolute Gasteiger partial charge is 0.493 e. The van der Waals surface area contributed by atoms with E-state index in [2.05, 4.69) is 51.5 Å². The topological polar surface area (TPSA) is 54.9 Å². The van der Waals surface area contributed by atoms with Crippen molar-refractivity contribution < 1.29 is 9.47 Å². The molecule has 7 heteroatoms. The van der Waals surface area contributed by atoms with Crippen LogP contribution >= 0.6 is 35.3 Å². The standard InChI is InChI=1S/C20H29N3O2S.HI/c1-4-21-20(23-14-17-10-12-26-15-17)22-11-6-7-16-8-9-18(24-3)19(13-16)25-5-2;/h8-10,12-13,15H,4-7,11,14H2,1-3H3,(H2,21,22,23);1H. The first-order valence-electron chi connectivity index (χ1n) is 9.09. The molecule has 5 nitrogen and oxygen atoms in total. The maximum absolute atomic E-state index is 5.64. The second kappa shape index (κ2) is 13.7. The number of guanidine groups is 1. The van der Waals surface area contributed by atoms with Crippen LogP contribution < -0.4 is 20.1 Å². The fourth-order valence-electron chi connectivity index (χ4n) is 2.54. The van der Waals surface area contributed by atoms with E-state index in [1.807, 2.05) is 13.0 Å². The minimum atomic E-state index is 0. The number of thiophene rings is 1. The molecule has 1 aromatic heterocycles. The third-order valence-corrected chi connectivity index (χ3v) is 4.54. The van der Waals surface area contributed by atoms with Crippen molar-refractivity contribution in [3.63, 3.8) is 0 Å². The second-order valence-electron chi connectivity index (χ2n) is 5.78. The van der Waals surface area contributed by atoms with Crippen LogP contribution in [0.1, 0.15) is 31.4 Å². The minimum absolute atomic E-state index is 0. The highest BCUT2D eigenvalue weighted by Gasteiger charge is 2.05. The molecule has 0 atom stereocenters. The molecule has 0 aliphatic heterocycles. The number of rotatable bonds is 10. The molecule has 0 amide bonds. The molecule has 0 saturated carbocycles. The van der Waals surface area contributed by atoms with Gasteiger partial charge in [0.25, 0.3) is 0 Å². The molecule has 0 spiro atoms. The third-order valence-electron chi connectivity index (χ3n) is 3.81. The zero-order chi connectivity index (χ0) is 18.6. The number of aryl methyl sites for hydroxylation is 1. The van der Waals surface area contributed by atoms with Gasteiger partial charge in [-0.15, -0.1) is 24.0 Å². The number of benzene rings is 1. The maximum Gasteiger partial charge on any atom is 0.191 e. The Kier molecular flexibility index (Phi) is 11.9. The third kappa shape index (κ3) is 8.38. The van der Waals surface area contributed by atoms with Crippen LogP contribution in [-0.4, -0.2) is 32.8 Å². The van der Waals surface area contributed by atoms with Gasteiger partial charge < -0.3 is 20.1 Å². The first-order valence-corrected chi connectivity index (χ1v) is 10.0. The van der Waals surface area contributed by atoms with Crippen molar-refractivity contribution in [3.05, 3.63) is 46.2 Å². The molecule has 0 bridgehead atoms. The highest BCUT2D eigenvalue weighted by molar-refractivity contribution is 14.0. The zero-order valence-electron chi connectivity index (χ0n) is 16.3. The summed E-state index contributed by atoms with van der Waals surface area (Å²) in [6.07, 6.45) is 1.99. The first kappa shape index (κ1) is 23.6. The summed E-state index contributed by atoms with van der Waals surface area (Å²) in [5.74, 6) is 2.46. The van der Waals surface area contributed by atoms with Gasteiger partial charge in [-0.3, -0.25) is 0 Å². The van der Waals surface area contributed by atoms with Gasteiger partial charge in [0, 0.05) is 13.1 Å². The van der Waals surface area contributed by atoms with Gasteiger partial charge in [-0.2, -0.15) is 11.3 Å². The summed E-state index contributed by atoms with van der Waals surface area (Å²) in [6.45, 7) is 7.11. The molecule has 150 valence electrons. The van der Waals surface area contributed by atoms with Gasteiger partial charge in [-0.25, -0.2) is 4.99 Å². The minimum Gasteiger partial charge on any atom is -0.493 e. The number of nitrogens with one attached hydrogen (secondary N) is 2. The first-order chi connectivity index (χ1) is 12.8. The molecule has 2 aromatic rings. The van der Waals surface area contributed by atoms with E-state index in [9.17, 15) is 0 Å². The van der Waals surface area contributed by atoms with E-state index in [-0.39, 0.29) is 24.0 Å². The van der Waals surface area contributed by atoms with Crippen LogP contribution in [0.3, 0.4) is 0 Å². The number of ether oxygens (including phenoxy) is 2. The van der Waals surface area contributed by atoms with Crippen molar-refractivity contribution in [1.82, 2.24) is 10.6 Å². The Morgan fingerprint density at radius 2 is 1.96 bits per heavy atom. The SMILES string of the molecule is CCNC(=NCc1ccsc1)NCCCc1ccc(OC)c(OCC)c1.I. The summed E-state index contributed by atoms with van der Waals surface area (Å²) in [6, 6.07) is 8.24. The number of halogens is 1. The average Bonchev–Trinajstić information content (AvgIpc) is 3.17. The van der Waals surface area contributed by atoms with E-state index in [4.69, 9.17) is 9.47 Å². The van der Waals surface area contributed by atoms with Gasteiger partial charge in [-0.1, -0.05) is 6.07 Å². The summed E-state index contributed by atoms with van der Waals surface area (Å²) in [5.41, 5.74) is 2.49. The average molecular weight is 503 g/mol. The van der Waals surface area contributed by atoms with Crippen molar-refractivity contribution >= 4 is 41.3 Å². The highest BCUT2D eigenvalue weighted by Crippen LogP contribution is 2.28. The molecular weight excluding hydrogens is 473 g/mol. The van der Waals surface area contributed by atoms with Crippen LogP contribution in [0.4, 0.5) is 0 Å². The van der Waals surface area contributed by atoms with E-state index >= 15 is 0 Å². The lowest BCUT2D eigenvalue weighted by molar-refractivity contribution is 0.310. The van der Waals surface area contributed by atoms with E-state index in [1.54, 1.807) is 18.4 Å². The molecule has 27 heavy (non-hydrogen) atoms. The Morgan fingerprint density at radius 1 is 1.11 bits per heavy atom. The number of hydrogen-bond acceptors (Lipinski definition) is 4. The van der Waals surface area contributed by atoms with E-state index < -0.39 is 0 Å². The van der Waals surface area contributed by atoms with Gasteiger partial charge in [0.1, 0.15) is 0 Å². The van der Waals surface area contributed by atoms with E-state index in [0.29, 0.717) is 13.2 Å². The Morgan fingerprint density at radius 3 is 2.63 bits per heavy atom. The smallest absolute Gasteiger partial charge is 0.191 e. The summed E-state index contributed by atoms with van der Waals surface area (Å²) in [5, 5.41) is 10.9. The quantitative estimate of drug-likeness (QED) is 0.218. The van der Waals surface area contributed by atoms with Gasteiger partial charge in [0.05, 0.1) is 20.3 Å². The molecular formula is C20H30IN3O2S. The van der Waals surface area contributed by atoms with Crippen molar-refractivity contribution in [2.45, 2.75) is 33.2 Å². The van der Waals surface area contributed by atoms with Crippen LogP contribution in [0.15, 0.2) is 40.0 Å². The van der Waals surface area contributed by atoms with Crippen molar-refractivity contribution in [2.24, 2.45) is 4.99 Å². The summed E-state index contributed by atoms with van der Waals surface area (Å²) in [4.78, 5) is 4.63. The Labute approximate surface area is 183 Å². The van der Waals surface area contributed by atoms with Crippen LogP contribution in [0.25, 0.3) is 0 Å². The maximum atomic E-state index is 5.64. The van der Waals surface area contributed by atoms with Crippen molar-refractivity contribution in [1.29, 1.82) is 0 Å². The zero-order valence-corrected chi connectivity index (χ0v) is 19.4.